The van der Waals surface area contributed by atoms with Crippen LogP contribution in [0.5, 0.6) is 0 Å². The Bertz CT molecular complexity index is 187. The maximum Gasteiger partial charge on any atom is 0.229 e. The number of hydrogen-bond acceptors (Lipinski definition) is 4. The molecule has 0 saturated carbocycles. The fraction of sp³-hybridized carbons (Fsp3) is 0.714. The van der Waals surface area contributed by atoms with Gasteiger partial charge in [-0.05, 0) is 6.92 Å². The van der Waals surface area contributed by atoms with Crippen molar-refractivity contribution in [2.75, 3.05) is 18.1 Å². The first-order valence-corrected chi connectivity index (χ1v) is 5.14. The van der Waals surface area contributed by atoms with Crippen LogP contribution in [0.4, 0.5) is 0 Å². The number of carbonyl (C=O) groups excluding carboxylic acids is 2. The third-order valence-electron chi connectivity index (χ3n) is 1.30. The highest BCUT2D eigenvalue weighted by Gasteiger charge is 2.06. The quantitative estimate of drug-likeness (QED) is 0.473. The second-order valence-electron chi connectivity index (χ2n) is 2.59. The van der Waals surface area contributed by atoms with Gasteiger partial charge in [0.2, 0.25) is 11.8 Å². The van der Waals surface area contributed by atoms with Crippen LogP contribution in [0.15, 0.2) is 0 Å². The minimum atomic E-state index is -0.143. The van der Waals surface area contributed by atoms with E-state index in [0.29, 0.717) is 6.54 Å². The predicted molar refractivity (Wildman–Crippen MR) is 58.3 cm³/mol. The molecular weight excluding hydrogens is 208 g/mol. The summed E-state index contributed by atoms with van der Waals surface area (Å²) in [5.41, 5.74) is 0. The lowest BCUT2D eigenvalue weighted by atomic mass is 10.3. The van der Waals surface area contributed by atoms with E-state index in [0.717, 1.165) is 0 Å². The molecule has 0 heterocycles. The van der Waals surface area contributed by atoms with Gasteiger partial charge in [-0.25, -0.2) is 0 Å². The first-order valence-electron chi connectivity index (χ1n) is 3.88. The Morgan fingerprint density at radius 3 is 2.23 bits per heavy atom. The zero-order valence-corrected chi connectivity index (χ0v) is 9.20. The molecule has 4 nitrogen and oxygen atoms in total. The average Bonchev–Trinajstić information content (AvgIpc) is 2.13. The summed E-state index contributed by atoms with van der Waals surface area (Å²) >= 11 is 7.60. The molecule has 0 saturated heterocycles. The van der Waals surface area contributed by atoms with Crippen LogP contribution in [0.3, 0.4) is 0 Å². The Labute approximate surface area is 88.7 Å². The molecule has 0 aliphatic carbocycles. The number of carbonyl (C=O) groups is 2. The van der Waals surface area contributed by atoms with E-state index in [1.54, 1.807) is 6.92 Å². The van der Waals surface area contributed by atoms with E-state index in [1.165, 1.54) is 0 Å². The van der Waals surface area contributed by atoms with Crippen molar-refractivity contribution in [2.45, 2.75) is 13.0 Å². The fourth-order valence-corrected chi connectivity index (χ4v) is 0.897. The van der Waals surface area contributed by atoms with E-state index in [2.05, 4.69) is 35.9 Å². The summed E-state index contributed by atoms with van der Waals surface area (Å²) in [4.78, 5) is 21.6. The summed E-state index contributed by atoms with van der Waals surface area (Å²) in [6.45, 7) is 2.22. The summed E-state index contributed by atoms with van der Waals surface area (Å²) in [5, 5.41) is 5.26. The van der Waals surface area contributed by atoms with Crippen molar-refractivity contribution in [3.05, 3.63) is 0 Å². The Morgan fingerprint density at radius 1 is 1.23 bits per heavy atom. The first kappa shape index (κ1) is 12.6. The third kappa shape index (κ3) is 6.77. The van der Waals surface area contributed by atoms with Crippen molar-refractivity contribution in [3.63, 3.8) is 0 Å². The van der Waals surface area contributed by atoms with Crippen molar-refractivity contribution in [1.82, 2.24) is 10.6 Å². The molecule has 0 aromatic carbocycles. The second kappa shape index (κ2) is 7.08. The van der Waals surface area contributed by atoms with Crippen LogP contribution in [0.25, 0.3) is 0 Å². The molecule has 0 fully saturated rings. The molecule has 1 unspecified atom stereocenters. The third-order valence-corrected chi connectivity index (χ3v) is 1.87. The molecule has 1 atom stereocenters. The van der Waals surface area contributed by atoms with E-state index in [9.17, 15) is 9.59 Å². The van der Waals surface area contributed by atoms with E-state index in [-0.39, 0.29) is 29.4 Å². The summed E-state index contributed by atoms with van der Waals surface area (Å²) in [7, 11) is 0. The fourth-order valence-electron chi connectivity index (χ4n) is 0.694. The lowest BCUT2D eigenvalue weighted by Crippen LogP contribution is -2.42. The number of hydrogen-bond donors (Lipinski definition) is 4. The number of rotatable bonds is 5. The van der Waals surface area contributed by atoms with Gasteiger partial charge in [-0.1, -0.05) is 0 Å². The second-order valence-corrected chi connectivity index (χ2v) is 3.22. The van der Waals surface area contributed by atoms with Crippen molar-refractivity contribution in [2.24, 2.45) is 0 Å². The largest absolute Gasteiger partial charge is 0.353 e. The molecule has 2 N–H and O–H groups in total. The Kier molecular flexibility index (Phi) is 6.89. The minimum absolute atomic E-state index is 0.0801. The summed E-state index contributed by atoms with van der Waals surface area (Å²) < 4.78 is 0. The highest BCUT2D eigenvalue weighted by atomic mass is 32.1. The van der Waals surface area contributed by atoms with Crippen molar-refractivity contribution in [1.29, 1.82) is 0 Å². The van der Waals surface area contributed by atoms with Crippen LogP contribution in [0, 0.1) is 0 Å². The van der Waals surface area contributed by atoms with E-state index in [1.807, 2.05) is 0 Å². The van der Waals surface area contributed by atoms with E-state index < -0.39 is 0 Å². The van der Waals surface area contributed by atoms with Crippen molar-refractivity contribution in [3.8, 4) is 0 Å². The standard InChI is InChI=1S/C7H14N2O2S2/c1-5(9-7(11)4-13)2-8-6(10)3-12/h5,12-13H,2-4H2,1H3,(H,8,10)(H,9,11). The van der Waals surface area contributed by atoms with Crippen LogP contribution in [-0.2, 0) is 9.59 Å². The van der Waals surface area contributed by atoms with Gasteiger partial charge in [-0.3, -0.25) is 9.59 Å². The van der Waals surface area contributed by atoms with Gasteiger partial charge in [-0.15, -0.1) is 0 Å². The SMILES string of the molecule is CC(CNC(=O)CS)NC(=O)CS. The molecule has 6 heteroatoms. The smallest absolute Gasteiger partial charge is 0.229 e. The maximum absolute atomic E-state index is 10.8. The van der Waals surface area contributed by atoms with Gasteiger partial charge in [0.25, 0.3) is 0 Å². The molecule has 76 valence electrons. The van der Waals surface area contributed by atoms with Crippen LogP contribution in [-0.4, -0.2) is 35.9 Å². The van der Waals surface area contributed by atoms with Gasteiger partial charge in [-0.2, -0.15) is 25.3 Å². The van der Waals surface area contributed by atoms with Crippen LogP contribution < -0.4 is 10.6 Å². The van der Waals surface area contributed by atoms with Crippen LogP contribution >= 0.6 is 25.3 Å². The normalized spacial score (nSPS) is 11.9. The molecule has 0 aliphatic heterocycles. The van der Waals surface area contributed by atoms with E-state index >= 15 is 0 Å². The van der Waals surface area contributed by atoms with Gasteiger partial charge in [0.1, 0.15) is 0 Å². The van der Waals surface area contributed by atoms with Crippen molar-refractivity contribution < 1.29 is 9.59 Å². The molecular formula is C7H14N2O2S2. The maximum atomic E-state index is 10.8. The van der Waals surface area contributed by atoms with E-state index in [4.69, 9.17) is 0 Å². The summed E-state index contributed by atoms with van der Waals surface area (Å²) in [6.07, 6.45) is 0. The molecule has 0 aromatic rings. The van der Waals surface area contributed by atoms with Crippen LogP contribution in [0.2, 0.25) is 0 Å². The van der Waals surface area contributed by atoms with Gasteiger partial charge >= 0.3 is 0 Å². The summed E-state index contributed by atoms with van der Waals surface area (Å²) in [5.74, 6) is 0.0317. The lowest BCUT2D eigenvalue weighted by molar-refractivity contribution is -0.121. The highest BCUT2D eigenvalue weighted by molar-refractivity contribution is 7.81. The number of thiol groups is 2. The monoisotopic (exact) mass is 222 g/mol. The Hall–Kier alpha value is -0.360. The van der Waals surface area contributed by atoms with Gasteiger partial charge in [0.05, 0.1) is 11.5 Å². The van der Waals surface area contributed by atoms with Gasteiger partial charge < -0.3 is 10.6 Å². The molecule has 0 spiro atoms. The molecule has 13 heavy (non-hydrogen) atoms. The minimum Gasteiger partial charge on any atom is -0.353 e. The first-order chi connectivity index (χ1) is 6.10. The molecule has 0 aliphatic rings. The topological polar surface area (TPSA) is 58.2 Å². The molecule has 0 aromatic heterocycles. The molecule has 2 amide bonds. The average molecular weight is 222 g/mol. The van der Waals surface area contributed by atoms with Crippen molar-refractivity contribution >= 4 is 37.1 Å². The molecule has 0 rings (SSSR count). The molecule has 0 radical (unpaired) electrons. The lowest BCUT2D eigenvalue weighted by Gasteiger charge is -2.13. The van der Waals surface area contributed by atoms with Gasteiger partial charge in [0, 0.05) is 12.6 Å². The predicted octanol–water partition coefficient (Wildman–Crippen LogP) is -0.533. The van der Waals surface area contributed by atoms with Crippen LogP contribution in [0.1, 0.15) is 6.92 Å². The zero-order valence-electron chi connectivity index (χ0n) is 7.41. The summed E-state index contributed by atoms with van der Waals surface area (Å²) in [6, 6.07) is -0.0801. The van der Waals surface area contributed by atoms with Gasteiger partial charge in [0.15, 0.2) is 0 Å². The molecule has 0 bridgehead atoms. The Balaban J connectivity index is 3.56. The number of amides is 2. The zero-order chi connectivity index (χ0) is 10.3. The Morgan fingerprint density at radius 2 is 1.77 bits per heavy atom. The number of nitrogens with one attached hydrogen (secondary N) is 2. The highest BCUT2D eigenvalue weighted by Crippen LogP contribution is 1.82.